The molecule has 20 heavy (non-hydrogen) atoms. The first-order valence-corrected chi connectivity index (χ1v) is 7.78. The van der Waals surface area contributed by atoms with Gasteiger partial charge in [-0.05, 0) is 42.8 Å². The van der Waals surface area contributed by atoms with Gasteiger partial charge >= 0.3 is 0 Å². The van der Waals surface area contributed by atoms with Crippen molar-refractivity contribution in [2.24, 2.45) is 0 Å². The maximum Gasteiger partial charge on any atom is 0.155 e. The van der Waals surface area contributed by atoms with Gasteiger partial charge in [0.05, 0.1) is 16.3 Å². The molecule has 102 valence electrons. The Hall–Kier alpha value is -1.43. The van der Waals surface area contributed by atoms with Crippen molar-refractivity contribution in [1.29, 1.82) is 0 Å². The minimum absolute atomic E-state index is 0.338. The lowest BCUT2D eigenvalue weighted by Crippen LogP contribution is -1.95. The largest absolute Gasteiger partial charge is 0.389 e. The summed E-state index contributed by atoms with van der Waals surface area (Å²) in [5, 5.41) is 9.75. The highest BCUT2D eigenvalue weighted by atomic mass is 32.2. The molecule has 0 aliphatic heterocycles. The van der Waals surface area contributed by atoms with Crippen LogP contribution in [0.1, 0.15) is 18.6 Å². The molecule has 0 aliphatic rings. The van der Waals surface area contributed by atoms with Crippen molar-refractivity contribution >= 4 is 33.3 Å². The zero-order valence-corrected chi connectivity index (χ0v) is 12.3. The highest BCUT2D eigenvalue weighted by molar-refractivity contribution is 8.01. The monoisotopic (exact) mass is 305 g/mol. The van der Waals surface area contributed by atoms with Crippen molar-refractivity contribution in [2.45, 2.75) is 22.3 Å². The van der Waals surface area contributed by atoms with Gasteiger partial charge in [-0.25, -0.2) is 9.37 Å². The van der Waals surface area contributed by atoms with Crippen LogP contribution in [-0.2, 0) is 0 Å². The normalized spacial score (nSPS) is 12.8. The van der Waals surface area contributed by atoms with E-state index in [2.05, 4.69) is 4.98 Å². The lowest BCUT2D eigenvalue weighted by molar-refractivity contribution is 0.196. The summed E-state index contributed by atoms with van der Waals surface area (Å²) in [5.41, 5.74) is 1.55. The summed E-state index contributed by atoms with van der Waals surface area (Å²) >= 11 is 3.05. The predicted molar refractivity (Wildman–Crippen MR) is 80.8 cm³/mol. The Balaban J connectivity index is 1.98. The molecule has 1 unspecified atom stereocenters. The summed E-state index contributed by atoms with van der Waals surface area (Å²) in [7, 11) is 0. The molecule has 1 N–H and O–H groups in total. The van der Waals surface area contributed by atoms with Crippen LogP contribution in [-0.4, -0.2) is 10.1 Å². The summed E-state index contributed by atoms with van der Waals surface area (Å²) in [4.78, 5) is 5.37. The van der Waals surface area contributed by atoms with E-state index < -0.39 is 6.10 Å². The smallest absolute Gasteiger partial charge is 0.155 e. The molecule has 3 rings (SSSR count). The van der Waals surface area contributed by atoms with Crippen LogP contribution in [0.25, 0.3) is 10.2 Å². The Morgan fingerprint density at radius 2 is 2.05 bits per heavy atom. The summed E-state index contributed by atoms with van der Waals surface area (Å²) in [6.45, 7) is 1.64. The molecule has 1 heterocycles. The molecule has 0 amide bonds. The molecular formula is C15H12FNOS2. The lowest BCUT2D eigenvalue weighted by atomic mass is 10.1. The molecule has 2 aromatic carbocycles. The maximum atomic E-state index is 13.3. The summed E-state index contributed by atoms with van der Waals surface area (Å²) in [5.74, 6) is -0.338. The summed E-state index contributed by atoms with van der Waals surface area (Å²) in [6, 6.07) is 12.4. The average Bonchev–Trinajstić information content (AvgIpc) is 2.82. The molecule has 0 bridgehead atoms. The number of para-hydroxylation sites is 1. The summed E-state index contributed by atoms with van der Waals surface area (Å²) in [6.07, 6.45) is -0.706. The van der Waals surface area contributed by atoms with E-state index in [0.717, 1.165) is 19.5 Å². The Kier molecular flexibility index (Phi) is 3.74. The number of aliphatic hydroxyl groups excluding tert-OH is 1. The molecule has 2 nitrogen and oxygen atoms in total. The number of rotatable bonds is 3. The van der Waals surface area contributed by atoms with Crippen LogP contribution in [0.4, 0.5) is 4.39 Å². The van der Waals surface area contributed by atoms with Gasteiger partial charge in [0.15, 0.2) is 4.34 Å². The van der Waals surface area contributed by atoms with E-state index in [0.29, 0.717) is 5.56 Å². The van der Waals surface area contributed by atoms with Gasteiger partial charge in [0.2, 0.25) is 0 Å². The molecule has 0 saturated carbocycles. The van der Waals surface area contributed by atoms with Crippen molar-refractivity contribution in [2.75, 3.05) is 0 Å². The molecule has 0 saturated heterocycles. The number of hydrogen-bond donors (Lipinski definition) is 1. The van der Waals surface area contributed by atoms with E-state index in [4.69, 9.17) is 0 Å². The van der Waals surface area contributed by atoms with Gasteiger partial charge in [0.1, 0.15) is 5.82 Å². The second kappa shape index (κ2) is 5.52. The molecule has 0 radical (unpaired) electrons. The zero-order chi connectivity index (χ0) is 14.1. The topological polar surface area (TPSA) is 33.1 Å². The predicted octanol–water partition coefficient (Wildman–Crippen LogP) is 4.64. The molecular weight excluding hydrogens is 293 g/mol. The van der Waals surface area contributed by atoms with Gasteiger partial charge in [-0.2, -0.15) is 0 Å². The Bertz CT molecular complexity index is 721. The number of aliphatic hydroxyl groups is 1. The molecule has 1 aromatic heterocycles. The third kappa shape index (κ3) is 2.70. The number of benzene rings is 2. The van der Waals surface area contributed by atoms with Gasteiger partial charge in [0.25, 0.3) is 0 Å². The van der Waals surface area contributed by atoms with E-state index >= 15 is 0 Å². The SMILES string of the molecule is CC(O)c1cc(F)ccc1Sc1nc2ccccc2s1. The van der Waals surface area contributed by atoms with Gasteiger partial charge in [0, 0.05) is 4.90 Å². The quantitative estimate of drug-likeness (QED) is 0.765. The number of thiazole rings is 1. The molecule has 5 heteroatoms. The van der Waals surface area contributed by atoms with Gasteiger partial charge < -0.3 is 5.11 Å². The minimum atomic E-state index is -0.706. The van der Waals surface area contributed by atoms with Crippen molar-refractivity contribution in [3.05, 3.63) is 53.8 Å². The third-order valence-corrected chi connectivity index (χ3v) is 5.08. The van der Waals surface area contributed by atoms with Crippen LogP contribution in [0.15, 0.2) is 51.7 Å². The molecule has 0 fully saturated rings. The number of hydrogen-bond acceptors (Lipinski definition) is 4. The molecule has 0 aliphatic carbocycles. The first-order valence-electron chi connectivity index (χ1n) is 6.14. The standard InChI is InChI=1S/C15H12FNOS2/c1-9(18)11-8-10(16)6-7-13(11)19-15-17-12-4-2-3-5-14(12)20-15/h2-9,18H,1H3. The fraction of sp³-hybridized carbons (Fsp3) is 0.133. The van der Waals surface area contributed by atoms with Crippen molar-refractivity contribution in [1.82, 2.24) is 4.98 Å². The van der Waals surface area contributed by atoms with Crippen LogP contribution in [0.5, 0.6) is 0 Å². The Morgan fingerprint density at radius 1 is 1.25 bits per heavy atom. The number of halogens is 1. The minimum Gasteiger partial charge on any atom is -0.389 e. The highest BCUT2D eigenvalue weighted by Gasteiger charge is 2.13. The van der Waals surface area contributed by atoms with E-state index in [1.165, 1.54) is 23.9 Å². The average molecular weight is 305 g/mol. The van der Waals surface area contributed by atoms with Crippen LogP contribution >= 0.6 is 23.1 Å². The lowest BCUT2D eigenvalue weighted by Gasteiger charge is -2.10. The number of aromatic nitrogens is 1. The van der Waals surface area contributed by atoms with E-state index in [1.807, 2.05) is 24.3 Å². The van der Waals surface area contributed by atoms with E-state index in [1.54, 1.807) is 24.3 Å². The Labute approximate surface area is 124 Å². The van der Waals surface area contributed by atoms with Crippen molar-refractivity contribution in [3.63, 3.8) is 0 Å². The van der Waals surface area contributed by atoms with Gasteiger partial charge in [-0.15, -0.1) is 11.3 Å². The number of nitrogens with zero attached hydrogens (tertiary/aromatic N) is 1. The van der Waals surface area contributed by atoms with Crippen LogP contribution < -0.4 is 0 Å². The van der Waals surface area contributed by atoms with Crippen molar-refractivity contribution < 1.29 is 9.50 Å². The third-order valence-electron chi connectivity index (χ3n) is 2.89. The molecule has 0 spiro atoms. The highest BCUT2D eigenvalue weighted by Crippen LogP contribution is 2.37. The van der Waals surface area contributed by atoms with Crippen molar-refractivity contribution in [3.8, 4) is 0 Å². The van der Waals surface area contributed by atoms with Crippen LogP contribution in [0.3, 0.4) is 0 Å². The first-order chi connectivity index (χ1) is 9.63. The zero-order valence-electron chi connectivity index (χ0n) is 10.7. The molecule has 1 atom stereocenters. The van der Waals surface area contributed by atoms with E-state index in [-0.39, 0.29) is 5.82 Å². The summed E-state index contributed by atoms with van der Waals surface area (Å²) < 4.78 is 15.3. The van der Waals surface area contributed by atoms with Crippen LogP contribution in [0.2, 0.25) is 0 Å². The first kappa shape index (κ1) is 13.5. The fourth-order valence-electron chi connectivity index (χ4n) is 1.93. The second-order valence-corrected chi connectivity index (χ2v) is 6.73. The van der Waals surface area contributed by atoms with Crippen LogP contribution in [0, 0.1) is 5.82 Å². The Morgan fingerprint density at radius 3 is 2.80 bits per heavy atom. The maximum absolute atomic E-state index is 13.3. The van der Waals surface area contributed by atoms with Gasteiger partial charge in [-0.1, -0.05) is 23.9 Å². The van der Waals surface area contributed by atoms with Gasteiger partial charge in [-0.3, -0.25) is 0 Å². The fourth-order valence-corrected chi connectivity index (χ4v) is 4.15. The number of fused-ring (bicyclic) bond motifs is 1. The molecule has 3 aromatic rings. The second-order valence-electron chi connectivity index (χ2n) is 4.41. The van der Waals surface area contributed by atoms with E-state index in [9.17, 15) is 9.50 Å².